The lowest BCUT2D eigenvalue weighted by molar-refractivity contribution is 0.297. The molecule has 0 amide bonds. The topological polar surface area (TPSA) is 59.1 Å². The van der Waals surface area contributed by atoms with Crippen LogP contribution >= 0.6 is 27.5 Å². The summed E-state index contributed by atoms with van der Waals surface area (Å²) >= 11 is 8.89. The highest BCUT2D eigenvalue weighted by atomic mass is 79.9. The second-order valence-electron chi connectivity index (χ2n) is 4.43. The van der Waals surface area contributed by atoms with Crippen molar-refractivity contribution < 1.29 is 8.42 Å². The Morgan fingerprint density at radius 1 is 1.50 bits per heavy atom. The fourth-order valence-electron chi connectivity index (χ4n) is 1.85. The molecule has 100 valence electrons. The lowest BCUT2D eigenvalue weighted by atomic mass is 9.83. The minimum absolute atomic E-state index is 0.0867. The van der Waals surface area contributed by atoms with Crippen LogP contribution in [-0.4, -0.2) is 19.9 Å². The maximum absolute atomic E-state index is 12.1. The highest BCUT2D eigenvalue weighted by molar-refractivity contribution is 9.10. The van der Waals surface area contributed by atoms with E-state index in [0.717, 1.165) is 6.42 Å². The predicted octanol–water partition coefficient (Wildman–Crippen LogP) is 2.97. The number of aromatic nitrogens is 1. The van der Waals surface area contributed by atoms with Crippen LogP contribution in [0.4, 0.5) is 0 Å². The lowest BCUT2D eigenvalue weighted by Crippen LogP contribution is -2.28. The molecule has 1 fully saturated rings. The molecule has 1 aliphatic rings. The Balaban J connectivity index is 2.02. The number of hydrogen-bond donors (Lipinski definition) is 1. The molecule has 0 aliphatic heterocycles. The fraction of sp³-hybridized carbons (Fsp3) is 0.545. The summed E-state index contributed by atoms with van der Waals surface area (Å²) in [4.78, 5) is 3.97. The Labute approximate surface area is 120 Å². The second kappa shape index (κ2) is 5.86. The van der Waals surface area contributed by atoms with Crippen LogP contribution < -0.4 is 4.72 Å². The summed E-state index contributed by atoms with van der Waals surface area (Å²) in [5.41, 5.74) is 0. The van der Waals surface area contributed by atoms with Gasteiger partial charge in [0.15, 0.2) is 0 Å². The van der Waals surface area contributed by atoms with Crippen molar-refractivity contribution in [2.45, 2.75) is 30.6 Å². The summed E-state index contributed by atoms with van der Waals surface area (Å²) < 4.78 is 27.0. The first-order valence-electron chi connectivity index (χ1n) is 5.80. The summed E-state index contributed by atoms with van der Waals surface area (Å²) in [6.45, 7) is 0.464. The van der Waals surface area contributed by atoms with Gasteiger partial charge in [0.1, 0.15) is 9.50 Å². The maximum atomic E-state index is 12.1. The van der Waals surface area contributed by atoms with E-state index in [1.807, 2.05) is 0 Å². The smallest absolute Gasteiger partial charge is 0.243 e. The van der Waals surface area contributed by atoms with Crippen LogP contribution in [0, 0.1) is 5.92 Å². The van der Waals surface area contributed by atoms with Crippen LogP contribution in [0.2, 0.25) is 5.02 Å². The van der Waals surface area contributed by atoms with Crippen LogP contribution in [0.5, 0.6) is 0 Å². The van der Waals surface area contributed by atoms with E-state index in [-0.39, 0.29) is 9.50 Å². The number of halogens is 2. The summed E-state index contributed by atoms with van der Waals surface area (Å²) in [7, 11) is -3.54. The van der Waals surface area contributed by atoms with E-state index in [1.165, 1.54) is 31.5 Å². The number of nitrogens with one attached hydrogen (secondary N) is 1. The summed E-state index contributed by atoms with van der Waals surface area (Å²) in [5, 5.41) is 0.303. The molecule has 1 saturated carbocycles. The van der Waals surface area contributed by atoms with E-state index in [2.05, 4.69) is 25.6 Å². The van der Waals surface area contributed by atoms with E-state index < -0.39 is 10.0 Å². The average molecular weight is 354 g/mol. The van der Waals surface area contributed by atoms with Crippen LogP contribution in [0.1, 0.15) is 25.7 Å². The Hall–Kier alpha value is -0.170. The molecule has 1 aliphatic carbocycles. The molecule has 1 N–H and O–H groups in total. The Bertz CT molecular complexity index is 532. The molecule has 0 atom stereocenters. The maximum Gasteiger partial charge on any atom is 0.243 e. The van der Waals surface area contributed by atoms with Gasteiger partial charge in [0.05, 0.1) is 5.02 Å². The van der Waals surface area contributed by atoms with Gasteiger partial charge in [-0.3, -0.25) is 0 Å². The molecule has 0 bridgehead atoms. The molecule has 0 radical (unpaired) electrons. The van der Waals surface area contributed by atoms with Crippen LogP contribution in [-0.2, 0) is 10.0 Å². The average Bonchev–Trinajstić information content (AvgIpc) is 2.25. The van der Waals surface area contributed by atoms with E-state index in [1.54, 1.807) is 0 Å². The Morgan fingerprint density at radius 3 is 2.83 bits per heavy atom. The molecule has 0 spiro atoms. The van der Waals surface area contributed by atoms with Gasteiger partial charge < -0.3 is 0 Å². The monoisotopic (exact) mass is 352 g/mol. The molecule has 7 heteroatoms. The van der Waals surface area contributed by atoms with Gasteiger partial charge in [0.25, 0.3) is 0 Å². The van der Waals surface area contributed by atoms with Crippen molar-refractivity contribution in [3.05, 3.63) is 21.9 Å². The molecule has 0 aromatic carbocycles. The van der Waals surface area contributed by atoms with E-state index in [0.29, 0.717) is 17.5 Å². The molecule has 1 aromatic rings. The second-order valence-corrected chi connectivity index (χ2v) is 7.35. The first-order chi connectivity index (χ1) is 8.49. The van der Waals surface area contributed by atoms with Crippen LogP contribution in [0.15, 0.2) is 21.8 Å². The molecular formula is C11H14BrClN2O2S. The minimum atomic E-state index is -3.54. The van der Waals surface area contributed by atoms with Gasteiger partial charge in [0.2, 0.25) is 10.0 Å². The molecule has 0 unspecified atom stereocenters. The summed E-state index contributed by atoms with van der Waals surface area (Å²) in [6, 6.07) is 1.39. The van der Waals surface area contributed by atoms with Crippen molar-refractivity contribution in [3.8, 4) is 0 Å². The molecule has 0 saturated heterocycles. The van der Waals surface area contributed by atoms with Crippen molar-refractivity contribution in [3.63, 3.8) is 0 Å². The van der Waals surface area contributed by atoms with E-state index >= 15 is 0 Å². The SMILES string of the molecule is O=S(=O)(NCCC1CCC1)c1cc(Cl)cnc1Br. The quantitative estimate of drug-likeness (QED) is 0.828. The standard InChI is InChI=1S/C11H14BrClN2O2S/c12-11-10(6-9(13)7-14-11)18(16,17)15-5-4-8-2-1-3-8/h6-8,15H,1-5H2. The van der Waals surface area contributed by atoms with Crippen molar-refractivity contribution in [2.24, 2.45) is 5.92 Å². The van der Waals surface area contributed by atoms with Crippen molar-refractivity contribution in [1.29, 1.82) is 0 Å². The number of rotatable bonds is 5. The zero-order valence-electron chi connectivity index (χ0n) is 9.70. The number of nitrogens with zero attached hydrogens (tertiary/aromatic N) is 1. The number of hydrogen-bond acceptors (Lipinski definition) is 3. The third-order valence-electron chi connectivity index (χ3n) is 3.13. The molecule has 18 heavy (non-hydrogen) atoms. The summed E-state index contributed by atoms with van der Waals surface area (Å²) in [5.74, 6) is 0.675. The van der Waals surface area contributed by atoms with Crippen molar-refractivity contribution in [2.75, 3.05) is 6.54 Å². The fourth-order valence-corrected chi connectivity index (χ4v) is 4.03. The van der Waals surface area contributed by atoms with Crippen LogP contribution in [0.3, 0.4) is 0 Å². The lowest BCUT2D eigenvalue weighted by Gasteiger charge is -2.25. The Kier molecular flexibility index (Phi) is 4.64. The van der Waals surface area contributed by atoms with Gasteiger partial charge in [-0.15, -0.1) is 0 Å². The summed E-state index contributed by atoms with van der Waals surface area (Å²) in [6.07, 6.45) is 5.99. The Morgan fingerprint density at radius 2 is 2.22 bits per heavy atom. The largest absolute Gasteiger partial charge is 0.246 e. The number of pyridine rings is 1. The third kappa shape index (κ3) is 3.44. The van der Waals surface area contributed by atoms with Gasteiger partial charge in [-0.05, 0) is 34.3 Å². The molecule has 4 nitrogen and oxygen atoms in total. The third-order valence-corrected chi connectivity index (χ3v) is 5.71. The van der Waals surface area contributed by atoms with Gasteiger partial charge in [-0.2, -0.15) is 0 Å². The first-order valence-corrected chi connectivity index (χ1v) is 8.45. The number of sulfonamides is 1. The van der Waals surface area contributed by atoms with E-state index in [4.69, 9.17) is 11.6 Å². The van der Waals surface area contributed by atoms with E-state index in [9.17, 15) is 8.42 Å². The van der Waals surface area contributed by atoms with Crippen molar-refractivity contribution >= 4 is 37.6 Å². The minimum Gasteiger partial charge on any atom is -0.246 e. The molecule has 1 heterocycles. The zero-order valence-corrected chi connectivity index (χ0v) is 12.9. The molecule has 2 rings (SSSR count). The molecular weight excluding hydrogens is 340 g/mol. The van der Waals surface area contributed by atoms with Crippen LogP contribution in [0.25, 0.3) is 0 Å². The normalized spacial score (nSPS) is 16.6. The van der Waals surface area contributed by atoms with Gasteiger partial charge in [-0.1, -0.05) is 30.9 Å². The van der Waals surface area contributed by atoms with Gasteiger partial charge in [-0.25, -0.2) is 18.1 Å². The molecule has 1 aromatic heterocycles. The zero-order chi connectivity index (χ0) is 13.2. The predicted molar refractivity (Wildman–Crippen MR) is 74.1 cm³/mol. The van der Waals surface area contributed by atoms with Gasteiger partial charge >= 0.3 is 0 Å². The highest BCUT2D eigenvalue weighted by Crippen LogP contribution is 2.29. The highest BCUT2D eigenvalue weighted by Gasteiger charge is 2.21. The first kappa shape index (κ1) is 14.2. The van der Waals surface area contributed by atoms with Crippen molar-refractivity contribution in [1.82, 2.24) is 9.71 Å². The van der Waals surface area contributed by atoms with Gasteiger partial charge in [0, 0.05) is 12.7 Å².